The fraction of sp³-hybridized carbons (Fsp3) is 0.176. The highest BCUT2D eigenvalue weighted by molar-refractivity contribution is 7.14. The zero-order valence-electron chi connectivity index (χ0n) is 13.5. The van der Waals surface area contributed by atoms with Gasteiger partial charge in [-0.2, -0.15) is 0 Å². The van der Waals surface area contributed by atoms with Crippen LogP contribution in [-0.4, -0.2) is 25.1 Å². The largest absolute Gasteiger partial charge is 0.497 e. The molecular formula is C17H16N2O4S. The van der Waals surface area contributed by atoms with Gasteiger partial charge in [0.15, 0.2) is 10.9 Å². The Hall–Kier alpha value is -2.80. The lowest BCUT2D eigenvalue weighted by Crippen LogP contribution is -2.10. The molecule has 7 heteroatoms. The van der Waals surface area contributed by atoms with Crippen LogP contribution in [0.15, 0.2) is 40.1 Å². The topological polar surface area (TPSA) is 73.6 Å². The SMILES string of the molecule is COc1ccc(OC)c(-c2csc(NC(=O)c3ccc(C)o3)n2)c1. The van der Waals surface area contributed by atoms with Gasteiger partial charge in [0, 0.05) is 10.9 Å². The average molecular weight is 344 g/mol. The number of methoxy groups -OCH3 is 2. The first-order valence-electron chi connectivity index (χ1n) is 7.16. The molecule has 0 unspecified atom stereocenters. The number of benzene rings is 1. The van der Waals surface area contributed by atoms with Gasteiger partial charge in [-0.15, -0.1) is 11.3 Å². The number of anilines is 1. The van der Waals surface area contributed by atoms with Crippen LogP contribution in [0.5, 0.6) is 11.5 Å². The quantitative estimate of drug-likeness (QED) is 0.758. The van der Waals surface area contributed by atoms with E-state index in [0.29, 0.717) is 28.1 Å². The molecule has 0 radical (unpaired) electrons. The van der Waals surface area contributed by atoms with Gasteiger partial charge in [0.1, 0.15) is 17.3 Å². The van der Waals surface area contributed by atoms with E-state index >= 15 is 0 Å². The standard InChI is InChI=1S/C17H16N2O4S/c1-10-4-6-15(23-10)16(20)19-17-18-13(9-24-17)12-8-11(21-2)5-7-14(12)22-3/h4-9H,1-3H3,(H,18,19,20). The molecule has 0 saturated carbocycles. The van der Waals surface area contributed by atoms with E-state index in [1.54, 1.807) is 33.3 Å². The van der Waals surface area contributed by atoms with Crippen LogP contribution < -0.4 is 14.8 Å². The molecule has 0 bridgehead atoms. The smallest absolute Gasteiger partial charge is 0.293 e. The van der Waals surface area contributed by atoms with Crippen LogP contribution in [0.1, 0.15) is 16.3 Å². The third-order valence-electron chi connectivity index (χ3n) is 3.37. The van der Waals surface area contributed by atoms with E-state index < -0.39 is 0 Å². The Morgan fingerprint density at radius 1 is 1.21 bits per heavy atom. The maximum atomic E-state index is 12.1. The normalized spacial score (nSPS) is 10.5. The zero-order valence-corrected chi connectivity index (χ0v) is 14.3. The zero-order chi connectivity index (χ0) is 17.1. The molecule has 1 aromatic carbocycles. The molecule has 2 heterocycles. The molecule has 0 saturated heterocycles. The predicted molar refractivity (Wildman–Crippen MR) is 92.1 cm³/mol. The summed E-state index contributed by atoms with van der Waals surface area (Å²) in [4.78, 5) is 16.6. The maximum Gasteiger partial charge on any atom is 0.293 e. The number of thiazole rings is 1. The molecule has 6 nitrogen and oxygen atoms in total. The number of aromatic nitrogens is 1. The van der Waals surface area contributed by atoms with Gasteiger partial charge in [-0.25, -0.2) is 4.98 Å². The molecule has 24 heavy (non-hydrogen) atoms. The van der Waals surface area contributed by atoms with Crippen molar-refractivity contribution in [2.24, 2.45) is 0 Å². The number of rotatable bonds is 5. The molecule has 0 aliphatic rings. The fourth-order valence-electron chi connectivity index (χ4n) is 2.18. The minimum Gasteiger partial charge on any atom is -0.497 e. The molecule has 1 amide bonds. The summed E-state index contributed by atoms with van der Waals surface area (Å²) in [6.45, 7) is 1.79. The first-order valence-corrected chi connectivity index (χ1v) is 8.04. The van der Waals surface area contributed by atoms with Crippen LogP contribution >= 0.6 is 11.3 Å². The lowest BCUT2D eigenvalue weighted by atomic mass is 10.1. The molecule has 3 rings (SSSR count). The molecule has 0 spiro atoms. The highest BCUT2D eigenvalue weighted by Gasteiger charge is 2.15. The van der Waals surface area contributed by atoms with Gasteiger partial charge < -0.3 is 13.9 Å². The van der Waals surface area contributed by atoms with Gasteiger partial charge in [0.05, 0.1) is 19.9 Å². The Morgan fingerprint density at radius 3 is 2.71 bits per heavy atom. The first kappa shape index (κ1) is 16.1. The number of nitrogens with zero attached hydrogens (tertiary/aromatic N) is 1. The Morgan fingerprint density at radius 2 is 2.04 bits per heavy atom. The van der Waals surface area contributed by atoms with Gasteiger partial charge in [-0.3, -0.25) is 10.1 Å². The second kappa shape index (κ2) is 6.76. The van der Waals surface area contributed by atoms with Gasteiger partial charge in [-0.1, -0.05) is 0 Å². The third-order valence-corrected chi connectivity index (χ3v) is 4.13. The van der Waals surface area contributed by atoms with Gasteiger partial charge in [0.2, 0.25) is 0 Å². The second-order valence-corrected chi connectivity index (χ2v) is 5.83. The van der Waals surface area contributed by atoms with Crippen molar-refractivity contribution in [3.63, 3.8) is 0 Å². The highest BCUT2D eigenvalue weighted by atomic mass is 32.1. The van der Waals surface area contributed by atoms with E-state index in [0.717, 1.165) is 5.56 Å². The van der Waals surface area contributed by atoms with Gasteiger partial charge in [-0.05, 0) is 37.3 Å². The first-order chi connectivity index (χ1) is 11.6. The van der Waals surface area contributed by atoms with Crippen LogP contribution in [0, 0.1) is 6.92 Å². The fourth-order valence-corrected chi connectivity index (χ4v) is 2.89. The molecule has 0 fully saturated rings. The van der Waals surface area contributed by atoms with Crippen LogP contribution in [0.3, 0.4) is 0 Å². The number of aryl methyl sites for hydroxylation is 1. The highest BCUT2D eigenvalue weighted by Crippen LogP contribution is 2.35. The molecule has 0 atom stereocenters. The lowest BCUT2D eigenvalue weighted by molar-refractivity contribution is 0.0995. The van der Waals surface area contributed by atoms with Gasteiger partial charge in [0.25, 0.3) is 5.91 Å². The van der Waals surface area contributed by atoms with Crippen LogP contribution in [0.2, 0.25) is 0 Å². The van der Waals surface area contributed by atoms with E-state index in [9.17, 15) is 4.79 Å². The number of carbonyl (C=O) groups is 1. The van der Waals surface area contributed by atoms with Gasteiger partial charge >= 0.3 is 0 Å². The summed E-state index contributed by atoms with van der Waals surface area (Å²) in [5.74, 6) is 1.99. The summed E-state index contributed by atoms with van der Waals surface area (Å²) in [6, 6.07) is 8.84. The number of amides is 1. The summed E-state index contributed by atoms with van der Waals surface area (Å²) < 4.78 is 15.9. The van der Waals surface area contributed by atoms with E-state index in [2.05, 4.69) is 10.3 Å². The number of furan rings is 1. The summed E-state index contributed by atoms with van der Waals surface area (Å²) in [5.41, 5.74) is 1.49. The van der Waals surface area contributed by atoms with Crippen molar-refractivity contribution in [3.05, 3.63) is 47.2 Å². The van der Waals surface area contributed by atoms with Crippen LogP contribution in [0.25, 0.3) is 11.3 Å². The summed E-state index contributed by atoms with van der Waals surface area (Å²) in [5, 5.41) is 5.06. The minimum atomic E-state index is -0.332. The Balaban J connectivity index is 1.84. The van der Waals surface area contributed by atoms with Crippen molar-refractivity contribution in [1.29, 1.82) is 0 Å². The van der Waals surface area contributed by atoms with Crippen molar-refractivity contribution in [1.82, 2.24) is 4.98 Å². The van der Waals surface area contributed by atoms with E-state index in [-0.39, 0.29) is 11.7 Å². The Kier molecular flexibility index (Phi) is 4.52. The molecule has 124 valence electrons. The number of hydrogen-bond acceptors (Lipinski definition) is 6. The van der Waals surface area contributed by atoms with Crippen molar-refractivity contribution >= 4 is 22.4 Å². The summed E-state index contributed by atoms with van der Waals surface area (Å²) >= 11 is 1.33. The second-order valence-electron chi connectivity index (χ2n) is 4.97. The molecular weight excluding hydrogens is 328 g/mol. The van der Waals surface area contributed by atoms with Crippen molar-refractivity contribution in [2.45, 2.75) is 6.92 Å². The van der Waals surface area contributed by atoms with Crippen LogP contribution in [-0.2, 0) is 0 Å². The third kappa shape index (κ3) is 3.26. The number of hydrogen-bond donors (Lipinski definition) is 1. The van der Waals surface area contributed by atoms with E-state index in [4.69, 9.17) is 13.9 Å². The van der Waals surface area contributed by atoms with Crippen LogP contribution in [0.4, 0.5) is 5.13 Å². The molecule has 3 aromatic rings. The van der Waals surface area contributed by atoms with Crippen molar-refractivity contribution in [2.75, 3.05) is 19.5 Å². The van der Waals surface area contributed by atoms with E-state index in [1.165, 1.54) is 11.3 Å². The minimum absolute atomic E-state index is 0.253. The lowest BCUT2D eigenvalue weighted by Gasteiger charge is -2.08. The van der Waals surface area contributed by atoms with Crippen molar-refractivity contribution < 1.29 is 18.7 Å². The average Bonchev–Trinajstić information content (AvgIpc) is 3.23. The molecule has 1 N–H and O–H groups in total. The maximum absolute atomic E-state index is 12.1. The number of carbonyl (C=O) groups excluding carboxylic acids is 1. The summed E-state index contributed by atoms with van der Waals surface area (Å²) in [7, 11) is 3.20. The Labute approximate surface area is 143 Å². The van der Waals surface area contributed by atoms with Crippen molar-refractivity contribution in [3.8, 4) is 22.8 Å². The van der Waals surface area contributed by atoms with E-state index in [1.807, 2.05) is 23.6 Å². The molecule has 0 aliphatic carbocycles. The molecule has 0 aliphatic heterocycles. The molecule has 2 aromatic heterocycles. The number of nitrogens with one attached hydrogen (secondary N) is 1. The predicted octanol–water partition coefficient (Wildman–Crippen LogP) is 3.98. The monoisotopic (exact) mass is 344 g/mol. The Bertz CT molecular complexity index is 869. The summed E-state index contributed by atoms with van der Waals surface area (Å²) in [6.07, 6.45) is 0. The number of ether oxygens (including phenoxy) is 2.